The summed E-state index contributed by atoms with van der Waals surface area (Å²) in [5, 5.41) is 3.79. The van der Waals surface area contributed by atoms with Crippen LogP contribution in [0.1, 0.15) is 36.5 Å². The number of sulfonamides is 1. The highest BCUT2D eigenvalue weighted by molar-refractivity contribution is 7.92. The van der Waals surface area contributed by atoms with Crippen molar-refractivity contribution in [3.05, 3.63) is 99.5 Å². The van der Waals surface area contributed by atoms with E-state index in [-0.39, 0.29) is 18.9 Å². The number of nitrogens with zero attached hydrogens (tertiary/aromatic N) is 2. The molecule has 0 bridgehead atoms. The maximum Gasteiger partial charge on any atom is 0.244 e. The van der Waals surface area contributed by atoms with Crippen LogP contribution >= 0.6 is 23.2 Å². The third-order valence-electron chi connectivity index (χ3n) is 6.46. The van der Waals surface area contributed by atoms with Crippen molar-refractivity contribution in [1.82, 2.24) is 10.2 Å². The van der Waals surface area contributed by atoms with Crippen LogP contribution in [0.5, 0.6) is 0 Å². The number of hydrogen-bond donors (Lipinski definition) is 1. The number of nitrogens with one attached hydrogen (secondary N) is 1. The first-order valence-electron chi connectivity index (χ1n) is 13.1. The predicted molar refractivity (Wildman–Crippen MR) is 162 cm³/mol. The molecule has 10 heteroatoms. The number of halogens is 2. The van der Waals surface area contributed by atoms with Crippen LogP contribution in [-0.4, -0.2) is 50.5 Å². The van der Waals surface area contributed by atoms with E-state index in [1.807, 2.05) is 43.3 Å². The van der Waals surface area contributed by atoms with Gasteiger partial charge in [0, 0.05) is 29.6 Å². The molecule has 7 nitrogen and oxygen atoms in total. The molecule has 40 heavy (non-hydrogen) atoms. The van der Waals surface area contributed by atoms with Crippen molar-refractivity contribution in [1.29, 1.82) is 0 Å². The molecule has 3 rings (SSSR count). The Morgan fingerprint density at radius 1 is 0.925 bits per heavy atom. The van der Waals surface area contributed by atoms with Gasteiger partial charge in [-0.3, -0.25) is 13.9 Å². The van der Waals surface area contributed by atoms with E-state index in [1.165, 1.54) is 11.0 Å². The predicted octanol–water partition coefficient (Wildman–Crippen LogP) is 5.62. The van der Waals surface area contributed by atoms with Gasteiger partial charge in [0.15, 0.2) is 0 Å². The first kappa shape index (κ1) is 31.5. The van der Waals surface area contributed by atoms with Crippen molar-refractivity contribution in [2.24, 2.45) is 0 Å². The minimum Gasteiger partial charge on any atom is -0.354 e. The van der Waals surface area contributed by atoms with Crippen molar-refractivity contribution < 1.29 is 18.0 Å². The largest absolute Gasteiger partial charge is 0.354 e. The van der Waals surface area contributed by atoms with Crippen LogP contribution in [-0.2, 0) is 32.6 Å². The van der Waals surface area contributed by atoms with E-state index >= 15 is 0 Å². The third kappa shape index (κ3) is 8.98. The van der Waals surface area contributed by atoms with E-state index in [0.717, 1.165) is 29.0 Å². The standard InChI is InChI=1S/C30H35Cl2N3O4S/c1-4-5-16-33-30(37)28(18-23-10-7-6-8-11-23)34(20-24-12-9-13-25(31)17-24)29(36)21-35(40(3,38)39)27-19-26(32)15-14-22(27)2/h6-15,17,19,28H,4-5,16,18,20-21H2,1-3H3,(H,33,37). The van der Waals surface area contributed by atoms with E-state index in [0.29, 0.717) is 33.4 Å². The molecule has 0 fully saturated rings. The smallest absolute Gasteiger partial charge is 0.244 e. The molecule has 0 aliphatic carbocycles. The fourth-order valence-electron chi connectivity index (χ4n) is 4.34. The van der Waals surface area contributed by atoms with Crippen molar-refractivity contribution in [3.63, 3.8) is 0 Å². The summed E-state index contributed by atoms with van der Waals surface area (Å²) < 4.78 is 26.9. The topological polar surface area (TPSA) is 86.8 Å². The summed E-state index contributed by atoms with van der Waals surface area (Å²) >= 11 is 12.4. The summed E-state index contributed by atoms with van der Waals surface area (Å²) in [6, 6.07) is 20.4. The number of hydrogen-bond acceptors (Lipinski definition) is 4. The SMILES string of the molecule is CCCCNC(=O)C(Cc1ccccc1)N(Cc1cccc(Cl)c1)C(=O)CN(c1cc(Cl)ccc1C)S(C)(=O)=O. The van der Waals surface area contributed by atoms with Gasteiger partial charge in [-0.25, -0.2) is 8.42 Å². The molecule has 1 atom stereocenters. The Hall–Kier alpha value is -3.07. The zero-order chi connectivity index (χ0) is 29.3. The number of aryl methyl sites for hydroxylation is 1. The Morgan fingerprint density at radius 2 is 1.60 bits per heavy atom. The molecule has 0 heterocycles. The lowest BCUT2D eigenvalue weighted by molar-refractivity contribution is -0.140. The lowest BCUT2D eigenvalue weighted by Crippen LogP contribution is -2.53. The maximum atomic E-state index is 14.1. The van der Waals surface area contributed by atoms with Crippen molar-refractivity contribution in [3.8, 4) is 0 Å². The van der Waals surface area contributed by atoms with Crippen molar-refractivity contribution in [2.45, 2.75) is 45.7 Å². The number of anilines is 1. The van der Waals surface area contributed by atoms with Gasteiger partial charge in [0.05, 0.1) is 11.9 Å². The molecule has 0 aliphatic heterocycles. The lowest BCUT2D eigenvalue weighted by Gasteiger charge is -2.34. The van der Waals surface area contributed by atoms with Crippen LogP contribution in [0.3, 0.4) is 0 Å². The Balaban J connectivity index is 2.06. The van der Waals surface area contributed by atoms with E-state index in [9.17, 15) is 18.0 Å². The summed E-state index contributed by atoms with van der Waals surface area (Å²) in [4.78, 5) is 29.1. The summed E-state index contributed by atoms with van der Waals surface area (Å²) in [6.07, 6.45) is 2.99. The molecule has 0 aliphatic rings. The first-order chi connectivity index (χ1) is 19.0. The monoisotopic (exact) mass is 603 g/mol. The normalized spacial score (nSPS) is 12.0. The van der Waals surface area contributed by atoms with Gasteiger partial charge in [0.1, 0.15) is 12.6 Å². The second kappa shape index (κ2) is 14.5. The molecule has 0 saturated heterocycles. The van der Waals surface area contributed by atoms with Crippen LogP contribution in [0.2, 0.25) is 10.0 Å². The zero-order valence-electron chi connectivity index (χ0n) is 22.9. The van der Waals surface area contributed by atoms with E-state index in [4.69, 9.17) is 23.2 Å². The number of benzene rings is 3. The maximum absolute atomic E-state index is 14.1. The number of rotatable bonds is 13. The molecular weight excluding hydrogens is 569 g/mol. The molecule has 1 N–H and O–H groups in total. The molecule has 1 unspecified atom stereocenters. The molecule has 2 amide bonds. The first-order valence-corrected chi connectivity index (χ1v) is 15.7. The van der Waals surface area contributed by atoms with Crippen molar-refractivity contribution in [2.75, 3.05) is 23.7 Å². The molecule has 214 valence electrons. The van der Waals surface area contributed by atoms with Gasteiger partial charge in [0.2, 0.25) is 21.8 Å². The van der Waals surface area contributed by atoms with Crippen LogP contribution in [0.4, 0.5) is 5.69 Å². The second-order valence-corrected chi connectivity index (χ2v) is 12.5. The average Bonchev–Trinajstić information content (AvgIpc) is 2.90. The van der Waals surface area contributed by atoms with Gasteiger partial charge in [-0.15, -0.1) is 0 Å². The van der Waals surface area contributed by atoms with Crippen LogP contribution < -0.4 is 9.62 Å². The van der Waals surface area contributed by atoms with Crippen LogP contribution in [0, 0.1) is 6.92 Å². The molecule has 0 spiro atoms. The Bertz CT molecular complexity index is 1420. The minimum atomic E-state index is -3.88. The Labute approximate surface area is 247 Å². The van der Waals surface area contributed by atoms with E-state index in [1.54, 1.807) is 37.3 Å². The fraction of sp³-hybridized carbons (Fsp3) is 0.333. The van der Waals surface area contributed by atoms with E-state index < -0.39 is 28.5 Å². The molecule has 0 saturated carbocycles. The minimum absolute atomic E-state index is 0.0597. The zero-order valence-corrected chi connectivity index (χ0v) is 25.3. The van der Waals surface area contributed by atoms with Gasteiger partial charge in [-0.2, -0.15) is 0 Å². The van der Waals surface area contributed by atoms with Gasteiger partial charge in [-0.1, -0.05) is 85.1 Å². The summed E-state index contributed by atoms with van der Waals surface area (Å²) in [5.74, 6) is -0.839. The summed E-state index contributed by atoms with van der Waals surface area (Å²) in [5.41, 5.74) is 2.53. The Kier molecular flexibility index (Phi) is 11.4. The lowest BCUT2D eigenvalue weighted by atomic mass is 10.0. The molecule has 3 aromatic rings. The fourth-order valence-corrected chi connectivity index (χ4v) is 5.62. The second-order valence-electron chi connectivity index (χ2n) is 9.70. The van der Waals surface area contributed by atoms with Crippen LogP contribution in [0.25, 0.3) is 0 Å². The third-order valence-corrected chi connectivity index (χ3v) is 8.06. The van der Waals surface area contributed by atoms with Gasteiger partial charge in [0.25, 0.3) is 0 Å². The number of unbranched alkanes of at least 4 members (excludes halogenated alkanes) is 1. The molecule has 0 radical (unpaired) electrons. The average molecular weight is 605 g/mol. The van der Waals surface area contributed by atoms with Crippen molar-refractivity contribution >= 4 is 50.7 Å². The molecule has 3 aromatic carbocycles. The van der Waals surface area contributed by atoms with Gasteiger partial charge < -0.3 is 10.2 Å². The molecule has 0 aromatic heterocycles. The summed E-state index contributed by atoms with van der Waals surface area (Å²) in [6.45, 7) is 3.80. The van der Waals surface area contributed by atoms with Crippen LogP contribution in [0.15, 0.2) is 72.8 Å². The Morgan fingerprint density at radius 3 is 2.25 bits per heavy atom. The molecular formula is C30H35Cl2N3O4S. The van der Waals surface area contributed by atoms with E-state index in [2.05, 4.69) is 5.32 Å². The highest BCUT2D eigenvalue weighted by atomic mass is 35.5. The highest BCUT2D eigenvalue weighted by Crippen LogP contribution is 2.27. The van der Waals surface area contributed by atoms with Gasteiger partial charge >= 0.3 is 0 Å². The number of amides is 2. The number of carbonyl (C=O) groups is 2. The number of carbonyl (C=O) groups excluding carboxylic acids is 2. The quantitative estimate of drug-likeness (QED) is 0.257. The summed E-state index contributed by atoms with van der Waals surface area (Å²) in [7, 11) is -3.88. The van der Waals surface area contributed by atoms with Gasteiger partial charge in [-0.05, 0) is 54.3 Å². The highest BCUT2D eigenvalue weighted by Gasteiger charge is 2.33.